The highest BCUT2D eigenvalue weighted by molar-refractivity contribution is 5.74. The molecule has 0 saturated heterocycles. The zero-order chi connectivity index (χ0) is 19.0. The minimum Gasteiger partial charge on any atom is -0.353 e. The molecule has 0 fully saturated rings. The molecule has 0 spiro atoms. The summed E-state index contributed by atoms with van der Waals surface area (Å²) in [5, 5.41) is 3.37. The van der Waals surface area contributed by atoms with E-state index in [1.807, 2.05) is 29.7 Å². The second kappa shape index (κ2) is 6.82. The van der Waals surface area contributed by atoms with Gasteiger partial charge in [-0.15, -0.1) is 0 Å². The molecule has 0 aliphatic carbocycles. The van der Waals surface area contributed by atoms with Crippen LogP contribution in [0.3, 0.4) is 0 Å². The van der Waals surface area contributed by atoms with Crippen molar-refractivity contribution >= 4 is 17.1 Å². The molecule has 0 radical (unpaired) electrons. The summed E-state index contributed by atoms with van der Waals surface area (Å²) in [6, 6.07) is 8.35. The van der Waals surface area contributed by atoms with Gasteiger partial charge < -0.3 is 5.32 Å². The van der Waals surface area contributed by atoms with Crippen LogP contribution in [-0.4, -0.2) is 24.7 Å². The zero-order valence-electron chi connectivity index (χ0n) is 15.9. The van der Waals surface area contributed by atoms with Gasteiger partial charge in [0, 0.05) is 20.1 Å². The Hall–Kier alpha value is -2.83. The van der Waals surface area contributed by atoms with E-state index in [-0.39, 0.29) is 17.3 Å². The third-order valence-corrected chi connectivity index (χ3v) is 4.76. The molecule has 0 aliphatic rings. The minimum absolute atomic E-state index is 0.198. The van der Waals surface area contributed by atoms with Gasteiger partial charge in [0.2, 0.25) is 5.95 Å². The Labute approximate surface area is 151 Å². The van der Waals surface area contributed by atoms with Crippen LogP contribution in [-0.2, 0) is 20.6 Å². The molecule has 3 rings (SSSR count). The van der Waals surface area contributed by atoms with E-state index in [9.17, 15) is 9.59 Å². The van der Waals surface area contributed by atoms with Crippen LogP contribution in [0.2, 0.25) is 0 Å². The lowest BCUT2D eigenvalue weighted by Gasteiger charge is -2.15. The molecule has 0 amide bonds. The summed E-state index contributed by atoms with van der Waals surface area (Å²) in [7, 11) is 3.14. The van der Waals surface area contributed by atoms with Crippen molar-refractivity contribution in [3.63, 3.8) is 0 Å². The zero-order valence-corrected chi connectivity index (χ0v) is 15.9. The number of hydrogen-bond donors (Lipinski definition) is 1. The highest BCUT2D eigenvalue weighted by Gasteiger charge is 2.20. The molecule has 7 nitrogen and oxygen atoms in total. The van der Waals surface area contributed by atoms with Crippen molar-refractivity contribution in [1.82, 2.24) is 18.7 Å². The Balaban J connectivity index is 2.27. The van der Waals surface area contributed by atoms with Gasteiger partial charge in [-0.05, 0) is 25.8 Å². The van der Waals surface area contributed by atoms with Gasteiger partial charge in [0.05, 0.1) is 6.54 Å². The number of hydrogen-bond acceptors (Lipinski definition) is 4. The molecule has 0 saturated carbocycles. The quantitative estimate of drug-likeness (QED) is 0.760. The van der Waals surface area contributed by atoms with Crippen molar-refractivity contribution < 1.29 is 0 Å². The van der Waals surface area contributed by atoms with Crippen LogP contribution in [0.25, 0.3) is 11.2 Å². The molecule has 26 heavy (non-hydrogen) atoms. The Bertz CT molecular complexity index is 1070. The largest absolute Gasteiger partial charge is 0.353 e. The number of benzene rings is 1. The summed E-state index contributed by atoms with van der Waals surface area (Å²) >= 11 is 0. The molecule has 0 unspecified atom stereocenters. The molecular weight excluding hydrogens is 330 g/mol. The Kier molecular flexibility index (Phi) is 4.71. The molecule has 0 aliphatic heterocycles. The van der Waals surface area contributed by atoms with Gasteiger partial charge in [-0.3, -0.25) is 18.5 Å². The Morgan fingerprint density at radius 2 is 1.92 bits per heavy atom. The van der Waals surface area contributed by atoms with Gasteiger partial charge in [-0.25, -0.2) is 4.79 Å². The van der Waals surface area contributed by atoms with Gasteiger partial charge in [0.15, 0.2) is 11.2 Å². The predicted octanol–water partition coefficient (Wildman–Crippen LogP) is 2.00. The smallest absolute Gasteiger partial charge is 0.332 e. The van der Waals surface area contributed by atoms with Crippen molar-refractivity contribution in [2.24, 2.45) is 14.1 Å². The number of aryl methyl sites for hydroxylation is 2. The number of rotatable bonds is 5. The van der Waals surface area contributed by atoms with E-state index < -0.39 is 0 Å². The van der Waals surface area contributed by atoms with Crippen LogP contribution in [0.15, 0.2) is 33.9 Å². The number of nitrogens with zero attached hydrogens (tertiary/aromatic N) is 4. The van der Waals surface area contributed by atoms with Gasteiger partial charge >= 0.3 is 5.69 Å². The highest BCUT2D eigenvalue weighted by atomic mass is 16.2. The van der Waals surface area contributed by atoms with Crippen molar-refractivity contribution in [3.8, 4) is 0 Å². The fraction of sp³-hybridized carbons (Fsp3) is 0.421. The van der Waals surface area contributed by atoms with Gasteiger partial charge in [0.1, 0.15) is 0 Å². The predicted molar refractivity (Wildman–Crippen MR) is 104 cm³/mol. The summed E-state index contributed by atoms with van der Waals surface area (Å²) in [5.74, 6) is 0.606. The number of aromatic nitrogens is 4. The molecule has 7 heteroatoms. The maximum Gasteiger partial charge on any atom is 0.332 e. The molecule has 1 aromatic carbocycles. The highest BCUT2D eigenvalue weighted by Crippen LogP contribution is 2.19. The SMILES string of the molecule is CC[C@H](C)Nc1nc2c(c(=O)n(C)c(=O)n2C)n1Cc1cccc(C)c1. The third-order valence-electron chi connectivity index (χ3n) is 4.76. The average Bonchev–Trinajstić information content (AvgIpc) is 2.96. The Morgan fingerprint density at radius 3 is 2.58 bits per heavy atom. The van der Waals surface area contributed by atoms with E-state index in [0.29, 0.717) is 23.7 Å². The fourth-order valence-electron chi connectivity index (χ4n) is 3.03. The van der Waals surface area contributed by atoms with Crippen LogP contribution in [0.4, 0.5) is 5.95 Å². The second-order valence-corrected chi connectivity index (χ2v) is 6.84. The maximum atomic E-state index is 12.8. The van der Waals surface area contributed by atoms with E-state index in [2.05, 4.69) is 30.2 Å². The average molecular weight is 355 g/mol. The van der Waals surface area contributed by atoms with E-state index in [0.717, 1.165) is 22.1 Å². The number of nitrogens with one attached hydrogen (secondary N) is 1. The van der Waals surface area contributed by atoms with Crippen LogP contribution >= 0.6 is 0 Å². The van der Waals surface area contributed by atoms with Crippen LogP contribution in [0, 0.1) is 6.92 Å². The molecule has 2 heterocycles. The summed E-state index contributed by atoms with van der Waals surface area (Å²) in [4.78, 5) is 29.7. The molecule has 1 N–H and O–H groups in total. The lowest BCUT2D eigenvalue weighted by atomic mass is 10.1. The van der Waals surface area contributed by atoms with Crippen molar-refractivity contribution in [1.29, 1.82) is 0 Å². The molecule has 138 valence electrons. The normalized spacial score (nSPS) is 12.5. The molecular formula is C19H25N5O2. The third kappa shape index (κ3) is 3.05. The second-order valence-electron chi connectivity index (χ2n) is 6.84. The van der Waals surface area contributed by atoms with Crippen LogP contribution in [0.1, 0.15) is 31.4 Å². The molecule has 1 atom stereocenters. The standard InChI is InChI=1S/C19H25N5O2/c1-6-13(3)20-18-21-16-15(17(25)23(5)19(26)22(16)4)24(18)11-14-9-7-8-12(2)10-14/h7-10,13H,6,11H2,1-5H3,(H,20,21)/t13-/m0/s1. The summed E-state index contributed by atoms with van der Waals surface area (Å²) in [5.41, 5.74) is 2.35. The van der Waals surface area contributed by atoms with Crippen molar-refractivity contribution in [2.45, 2.75) is 39.8 Å². The molecule has 0 bridgehead atoms. The van der Waals surface area contributed by atoms with E-state index in [1.54, 1.807) is 7.05 Å². The summed E-state index contributed by atoms with van der Waals surface area (Å²) in [6.45, 7) is 6.69. The van der Waals surface area contributed by atoms with Crippen LogP contribution in [0.5, 0.6) is 0 Å². The first kappa shape index (κ1) is 18.0. The van der Waals surface area contributed by atoms with Gasteiger partial charge in [-0.2, -0.15) is 4.98 Å². The first-order chi connectivity index (χ1) is 12.3. The maximum absolute atomic E-state index is 12.8. The Morgan fingerprint density at radius 1 is 1.19 bits per heavy atom. The lowest BCUT2D eigenvalue weighted by Crippen LogP contribution is -2.37. The van der Waals surface area contributed by atoms with E-state index in [1.165, 1.54) is 11.6 Å². The topological polar surface area (TPSA) is 73.8 Å². The number of imidazole rings is 1. The minimum atomic E-state index is -0.377. The van der Waals surface area contributed by atoms with Crippen molar-refractivity contribution in [2.75, 3.05) is 5.32 Å². The number of fused-ring (bicyclic) bond motifs is 1. The number of anilines is 1. The first-order valence-corrected chi connectivity index (χ1v) is 8.81. The van der Waals surface area contributed by atoms with Crippen molar-refractivity contribution in [3.05, 3.63) is 56.2 Å². The summed E-state index contributed by atoms with van der Waals surface area (Å²) < 4.78 is 4.42. The molecule has 2 aromatic heterocycles. The van der Waals surface area contributed by atoms with Crippen LogP contribution < -0.4 is 16.6 Å². The first-order valence-electron chi connectivity index (χ1n) is 8.81. The monoisotopic (exact) mass is 355 g/mol. The van der Waals surface area contributed by atoms with E-state index in [4.69, 9.17) is 0 Å². The lowest BCUT2D eigenvalue weighted by molar-refractivity contribution is 0.701. The summed E-state index contributed by atoms with van der Waals surface area (Å²) in [6.07, 6.45) is 0.921. The molecule has 3 aromatic rings. The van der Waals surface area contributed by atoms with E-state index >= 15 is 0 Å². The van der Waals surface area contributed by atoms with Gasteiger partial charge in [0.25, 0.3) is 5.56 Å². The van der Waals surface area contributed by atoms with Gasteiger partial charge in [-0.1, -0.05) is 36.8 Å². The fourth-order valence-corrected chi connectivity index (χ4v) is 3.03.